The van der Waals surface area contributed by atoms with Gasteiger partial charge in [-0.15, -0.1) is 0 Å². The summed E-state index contributed by atoms with van der Waals surface area (Å²) >= 11 is 0. The number of hydrogen-bond donors (Lipinski definition) is 3. The molecule has 0 spiro atoms. The topological polar surface area (TPSA) is 83.8 Å². The Hall–Kier alpha value is -2.82. The van der Waals surface area contributed by atoms with Crippen LogP contribution in [0.25, 0.3) is 10.9 Å². The first-order valence-corrected chi connectivity index (χ1v) is 6.78. The molecule has 2 aromatic carbocycles. The molecule has 0 saturated carbocycles. The maximum Gasteiger partial charge on any atom is 0.251 e. The van der Waals surface area contributed by atoms with Crippen molar-refractivity contribution < 1.29 is 4.79 Å². The summed E-state index contributed by atoms with van der Waals surface area (Å²) in [6, 6.07) is 13.2. The number of anilines is 1. The van der Waals surface area contributed by atoms with E-state index in [2.05, 4.69) is 15.5 Å². The number of nitrogens with two attached hydrogens (primary N) is 1. The van der Waals surface area contributed by atoms with Crippen molar-refractivity contribution in [1.82, 2.24) is 15.5 Å². The Morgan fingerprint density at radius 1 is 1.19 bits per heavy atom. The summed E-state index contributed by atoms with van der Waals surface area (Å²) in [5.74, 6) is -0.0815. The lowest BCUT2D eigenvalue weighted by Gasteiger charge is -2.06. The highest BCUT2D eigenvalue weighted by Crippen LogP contribution is 2.12. The molecule has 0 bridgehead atoms. The van der Waals surface area contributed by atoms with Gasteiger partial charge in [-0.1, -0.05) is 18.2 Å². The van der Waals surface area contributed by atoms with Crippen LogP contribution in [0.15, 0.2) is 48.7 Å². The number of hydrogen-bond acceptors (Lipinski definition) is 3. The number of carbonyl (C=O) groups is 1. The van der Waals surface area contributed by atoms with Crippen LogP contribution in [0.2, 0.25) is 0 Å². The van der Waals surface area contributed by atoms with Gasteiger partial charge in [0.05, 0.1) is 11.7 Å². The summed E-state index contributed by atoms with van der Waals surface area (Å²) in [6.07, 6.45) is 2.51. The minimum Gasteiger partial charge on any atom is -0.399 e. The van der Waals surface area contributed by atoms with E-state index in [-0.39, 0.29) is 5.91 Å². The maximum absolute atomic E-state index is 12.1. The van der Waals surface area contributed by atoms with Gasteiger partial charge in [0.25, 0.3) is 5.91 Å². The molecule has 3 aromatic rings. The van der Waals surface area contributed by atoms with Gasteiger partial charge in [-0.25, -0.2) is 0 Å². The van der Waals surface area contributed by atoms with Crippen molar-refractivity contribution in [1.29, 1.82) is 0 Å². The molecule has 0 radical (unpaired) electrons. The number of aromatic amines is 1. The fourth-order valence-electron chi connectivity index (χ4n) is 2.19. The van der Waals surface area contributed by atoms with Crippen LogP contribution < -0.4 is 11.1 Å². The van der Waals surface area contributed by atoms with Crippen LogP contribution in [0.4, 0.5) is 5.69 Å². The Balaban J connectivity index is 1.59. The van der Waals surface area contributed by atoms with E-state index in [1.807, 2.05) is 30.3 Å². The molecule has 1 amide bonds. The van der Waals surface area contributed by atoms with Crippen molar-refractivity contribution >= 4 is 22.5 Å². The van der Waals surface area contributed by atoms with Crippen molar-refractivity contribution in [3.05, 3.63) is 59.8 Å². The maximum atomic E-state index is 12.1. The van der Waals surface area contributed by atoms with Crippen LogP contribution in [0.5, 0.6) is 0 Å². The standard InChI is InChI=1S/C16H16N4O/c17-14-5-1-11(2-6-14)7-8-18-16(21)12-3-4-13-10-19-20-15(13)9-12/h1-6,9-10H,7-8,17H2,(H,18,21)(H,19,20). The molecule has 0 aliphatic carbocycles. The predicted octanol–water partition coefficient (Wildman–Crippen LogP) is 2.12. The van der Waals surface area contributed by atoms with E-state index < -0.39 is 0 Å². The second-order valence-corrected chi connectivity index (χ2v) is 4.92. The third-order valence-electron chi connectivity index (χ3n) is 3.38. The molecule has 1 heterocycles. The lowest BCUT2D eigenvalue weighted by molar-refractivity contribution is 0.0954. The van der Waals surface area contributed by atoms with Crippen LogP contribution in [-0.2, 0) is 6.42 Å². The molecule has 21 heavy (non-hydrogen) atoms. The molecule has 5 heteroatoms. The Kier molecular flexibility index (Phi) is 3.55. The largest absolute Gasteiger partial charge is 0.399 e. The van der Waals surface area contributed by atoms with Crippen molar-refractivity contribution in [2.75, 3.05) is 12.3 Å². The number of aromatic nitrogens is 2. The van der Waals surface area contributed by atoms with Gasteiger partial charge < -0.3 is 11.1 Å². The van der Waals surface area contributed by atoms with E-state index in [0.29, 0.717) is 12.1 Å². The highest BCUT2D eigenvalue weighted by atomic mass is 16.1. The summed E-state index contributed by atoms with van der Waals surface area (Å²) < 4.78 is 0. The Bertz CT molecular complexity index is 761. The number of nitrogens with one attached hydrogen (secondary N) is 2. The monoisotopic (exact) mass is 280 g/mol. The first kappa shape index (κ1) is 13.2. The average molecular weight is 280 g/mol. The molecular formula is C16H16N4O. The van der Waals surface area contributed by atoms with Gasteiger partial charge in [0, 0.05) is 23.2 Å². The molecule has 0 atom stereocenters. The first-order valence-electron chi connectivity index (χ1n) is 6.78. The molecule has 0 saturated heterocycles. The molecule has 0 fully saturated rings. The van der Waals surface area contributed by atoms with Gasteiger partial charge in [-0.3, -0.25) is 9.89 Å². The Morgan fingerprint density at radius 2 is 2.00 bits per heavy atom. The van der Waals surface area contributed by atoms with Gasteiger partial charge in [0.15, 0.2) is 0 Å². The summed E-state index contributed by atoms with van der Waals surface area (Å²) in [5, 5.41) is 10.7. The zero-order chi connectivity index (χ0) is 14.7. The lowest BCUT2D eigenvalue weighted by atomic mass is 10.1. The minimum absolute atomic E-state index is 0.0815. The van der Waals surface area contributed by atoms with E-state index in [4.69, 9.17) is 5.73 Å². The first-order chi connectivity index (χ1) is 10.2. The zero-order valence-electron chi connectivity index (χ0n) is 11.5. The molecule has 0 unspecified atom stereocenters. The smallest absolute Gasteiger partial charge is 0.251 e. The van der Waals surface area contributed by atoms with Gasteiger partial charge in [0.2, 0.25) is 0 Å². The number of fused-ring (bicyclic) bond motifs is 1. The number of benzene rings is 2. The van der Waals surface area contributed by atoms with E-state index in [1.54, 1.807) is 18.3 Å². The lowest BCUT2D eigenvalue weighted by Crippen LogP contribution is -2.25. The fourth-order valence-corrected chi connectivity index (χ4v) is 2.19. The number of H-pyrrole nitrogens is 1. The van der Waals surface area contributed by atoms with Crippen molar-refractivity contribution in [3.63, 3.8) is 0 Å². The average Bonchev–Trinajstić information content (AvgIpc) is 2.96. The number of nitrogens with zero attached hydrogens (tertiary/aromatic N) is 1. The Morgan fingerprint density at radius 3 is 2.81 bits per heavy atom. The second kappa shape index (κ2) is 5.66. The number of carbonyl (C=O) groups excluding carboxylic acids is 1. The van der Waals surface area contributed by atoms with Crippen molar-refractivity contribution in [3.8, 4) is 0 Å². The van der Waals surface area contributed by atoms with E-state index in [0.717, 1.165) is 28.6 Å². The van der Waals surface area contributed by atoms with Gasteiger partial charge >= 0.3 is 0 Å². The quantitative estimate of drug-likeness (QED) is 0.640. The molecule has 4 N–H and O–H groups in total. The van der Waals surface area contributed by atoms with Crippen LogP contribution in [0.1, 0.15) is 15.9 Å². The normalized spacial score (nSPS) is 10.7. The van der Waals surface area contributed by atoms with Crippen molar-refractivity contribution in [2.24, 2.45) is 0 Å². The van der Waals surface area contributed by atoms with Gasteiger partial charge in [-0.2, -0.15) is 5.10 Å². The predicted molar refractivity (Wildman–Crippen MR) is 83.0 cm³/mol. The zero-order valence-corrected chi connectivity index (χ0v) is 11.5. The molecule has 0 aliphatic rings. The van der Waals surface area contributed by atoms with Crippen LogP contribution >= 0.6 is 0 Å². The van der Waals surface area contributed by atoms with Crippen molar-refractivity contribution in [2.45, 2.75) is 6.42 Å². The Labute approximate surface area is 122 Å². The highest BCUT2D eigenvalue weighted by Gasteiger charge is 2.06. The van der Waals surface area contributed by atoms with E-state index >= 15 is 0 Å². The third kappa shape index (κ3) is 3.02. The third-order valence-corrected chi connectivity index (χ3v) is 3.38. The van der Waals surface area contributed by atoms with Gasteiger partial charge in [-0.05, 0) is 36.2 Å². The highest BCUT2D eigenvalue weighted by molar-refractivity contribution is 5.97. The van der Waals surface area contributed by atoms with Crippen LogP contribution in [0, 0.1) is 0 Å². The molecule has 1 aromatic heterocycles. The van der Waals surface area contributed by atoms with Crippen LogP contribution in [0.3, 0.4) is 0 Å². The molecule has 0 aliphatic heterocycles. The molecule has 106 valence electrons. The summed E-state index contributed by atoms with van der Waals surface area (Å²) in [4.78, 5) is 12.1. The molecule has 3 rings (SSSR count). The minimum atomic E-state index is -0.0815. The number of amides is 1. The van der Waals surface area contributed by atoms with Gasteiger partial charge in [0.1, 0.15) is 0 Å². The molecular weight excluding hydrogens is 264 g/mol. The van der Waals surface area contributed by atoms with Crippen LogP contribution in [-0.4, -0.2) is 22.6 Å². The number of nitrogen functional groups attached to an aromatic ring is 1. The SMILES string of the molecule is Nc1ccc(CCNC(=O)c2ccc3cn[nH]c3c2)cc1. The summed E-state index contributed by atoms with van der Waals surface area (Å²) in [6.45, 7) is 0.587. The fraction of sp³-hybridized carbons (Fsp3) is 0.125. The van der Waals surface area contributed by atoms with E-state index in [1.165, 1.54) is 0 Å². The second-order valence-electron chi connectivity index (χ2n) is 4.92. The number of rotatable bonds is 4. The summed E-state index contributed by atoms with van der Waals surface area (Å²) in [7, 11) is 0. The molecule has 5 nitrogen and oxygen atoms in total. The summed E-state index contributed by atoms with van der Waals surface area (Å²) in [5.41, 5.74) is 9.02. The van der Waals surface area contributed by atoms with E-state index in [9.17, 15) is 4.79 Å².